The molecular weight excluding hydrogens is 134 g/mol. The molecule has 0 aromatic carbocycles. The van der Waals surface area contributed by atoms with Crippen molar-refractivity contribution in [1.82, 2.24) is 4.90 Å². The van der Waals surface area contributed by atoms with Crippen LogP contribution in [-0.2, 0) is 0 Å². The van der Waals surface area contributed by atoms with Crippen LogP contribution < -0.4 is 0 Å². The molecule has 0 aliphatic carbocycles. The summed E-state index contributed by atoms with van der Waals surface area (Å²) in [6.45, 7) is 12.1. The molecule has 1 heteroatoms. The highest BCUT2D eigenvalue weighted by atomic mass is 15.1. The molecule has 0 N–H and O–H groups in total. The number of nitrogens with zero attached hydrogens (tertiary/aromatic N) is 1. The van der Waals surface area contributed by atoms with Crippen molar-refractivity contribution in [3.63, 3.8) is 0 Å². The fourth-order valence-electron chi connectivity index (χ4n) is 1.10. The summed E-state index contributed by atoms with van der Waals surface area (Å²) in [5, 5.41) is 0. The smallest absolute Gasteiger partial charge is 0.0165 e. The van der Waals surface area contributed by atoms with Crippen molar-refractivity contribution in [2.24, 2.45) is 0 Å². The van der Waals surface area contributed by atoms with Gasteiger partial charge in [0.15, 0.2) is 0 Å². The van der Waals surface area contributed by atoms with Gasteiger partial charge < -0.3 is 0 Å². The van der Waals surface area contributed by atoms with Crippen LogP contribution in [0, 0.1) is 0 Å². The van der Waals surface area contributed by atoms with Gasteiger partial charge in [-0.1, -0.05) is 32.4 Å². The van der Waals surface area contributed by atoms with Gasteiger partial charge in [0.25, 0.3) is 0 Å². The van der Waals surface area contributed by atoms with E-state index in [9.17, 15) is 0 Å². The van der Waals surface area contributed by atoms with Crippen LogP contribution in [0.1, 0.15) is 34.1 Å². The minimum atomic E-state index is 1.17. The summed E-state index contributed by atoms with van der Waals surface area (Å²) in [4.78, 5) is 2.45. The van der Waals surface area contributed by atoms with E-state index in [4.69, 9.17) is 0 Å². The Labute approximate surface area is 71.1 Å². The van der Waals surface area contributed by atoms with Crippen LogP contribution in [0.25, 0.3) is 0 Å². The van der Waals surface area contributed by atoms with Crippen molar-refractivity contribution in [3.05, 3.63) is 11.6 Å². The second kappa shape index (κ2) is 6.41. The molecule has 0 fully saturated rings. The van der Waals surface area contributed by atoms with Crippen molar-refractivity contribution in [1.29, 1.82) is 0 Å². The fraction of sp³-hybridized carbons (Fsp3) is 0.800. The van der Waals surface area contributed by atoms with Gasteiger partial charge in [0, 0.05) is 13.1 Å². The Morgan fingerprint density at radius 2 is 2.09 bits per heavy atom. The highest BCUT2D eigenvalue weighted by molar-refractivity contribution is 5.03. The van der Waals surface area contributed by atoms with Gasteiger partial charge in [-0.3, -0.25) is 4.90 Å². The lowest BCUT2D eigenvalue weighted by Crippen LogP contribution is -2.27. The lowest BCUT2D eigenvalue weighted by Gasteiger charge is -2.22. The third-order valence-electron chi connectivity index (χ3n) is 1.97. The Balaban J connectivity index is 0.000000461. The van der Waals surface area contributed by atoms with E-state index in [2.05, 4.69) is 24.8 Å². The summed E-state index contributed by atoms with van der Waals surface area (Å²) >= 11 is 0. The Bertz CT molecular complexity index is 116. The summed E-state index contributed by atoms with van der Waals surface area (Å²) in [5.74, 6) is 0. The second-order valence-corrected chi connectivity index (χ2v) is 2.69. The first-order valence-electron chi connectivity index (χ1n) is 4.71. The summed E-state index contributed by atoms with van der Waals surface area (Å²) in [7, 11) is 0. The van der Waals surface area contributed by atoms with Gasteiger partial charge in [-0.05, 0) is 19.9 Å². The first-order valence-corrected chi connectivity index (χ1v) is 4.71. The van der Waals surface area contributed by atoms with E-state index < -0.39 is 0 Å². The molecule has 1 nitrogen and oxygen atoms in total. The van der Waals surface area contributed by atoms with Crippen LogP contribution in [-0.4, -0.2) is 24.5 Å². The lowest BCUT2D eigenvalue weighted by atomic mass is 10.1. The van der Waals surface area contributed by atoms with Crippen LogP contribution in [0.15, 0.2) is 11.6 Å². The number of rotatable bonds is 1. The summed E-state index contributed by atoms with van der Waals surface area (Å²) in [5.41, 5.74) is 1.56. The van der Waals surface area contributed by atoms with Gasteiger partial charge in [0.2, 0.25) is 0 Å². The molecule has 0 aromatic rings. The minimum Gasteiger partial charge on any atom is -0.300 e. The van der Waals surface area contributed by atoms with Crippen molar-refractivity contribution in [2.75, 3.05) is 19.6 Å². The zero-order valence-electron chi connectivity index (χ0n) is 8.35. The number of hydrogen-bond acceptors (Lipinski definition) is 1. The third-order valence-corrected chi connectivity index (χ3v) is 1.97. The van der Waals surface area contributed by atoms with Gasteiger partial charge >= 0.3 is 0 Å². The van der Waals surface area contributed by atoms with Crippen molar-refractivity contribution < 1.29 is 0 Å². The molecule has 1 aliphatic heterocycles. The van der Waals surface area contributed by atoms with Crippen molar-refractivity contribution >= 4 is 0 Å². The number of hydrogen-bond donors (Lipinski definition) is 0. The Morgan fingerprint density at radius 1 is 1.45 bits per heavy atom. The molecule has 0 unspecified atom stereocenters. The topological polar surface area (TPSA) is 3.24 Å². The maximum absolute atomic E-state index is 2.45. The first kappa shape index (κ1) is 10.7. The molecule has 1 heterocycles. The van der Waals surface area contributed by atoms with Crippen LogP contribution in [0.5, 0.6) is 0 Å². The number of likely N-dealkylation sites (N-methyl/N-ethyl adjacent to an activating group) is 1. The van der Waals surface area contributed by atoms with Crippen LogP contribution in [0.2, 0.25) is 0 Å². The second-order valence-electron chi connectivity index (χ2n) is 2.69. The average molecular weight is 155 g/mol. The van der Waals surface area contributed by atoms with E-state index in [1.165, 1.54) is 26.1 Å². The Hall–Kier alpha value is -0.300. The molecule has 0 radical (unpaired) electrons. The predicted molar refractivity (Wildman–Crippen MR) is 51.8 cm³/mol. The molecule has 0 saturated heterocycles. The van der Waals surface area contributed by atoms with Gasteiger partial charge in [-0.2, -0.15) is 0 Å². The molecule has 0 amide bonds. The Kier molecular flexibility index (Phi) is 6.24. The molecule has 0 spiro atoms. The summed E-state index contributed by atoms with van der Waals surface area (Å²) < 4.78 is 0. The molecule has 0 atom stereocenters. The summed E-state index contributed by atoms with van der Waals surface area (Å²) in [6, 6.07) is 0. The zero-order chi connectivity index (χ0) is 8.69. The third kappa shape index (κ3) is 4.20. The van der Waals surface area contributed by atoms with E-state index in [1.54, 1.807) is 5.57 Å². The van der Waals surface area contributed by atoms with E-state index in [0.29, 0.717) is 0 Å². The Morgan fingerprint density at radius 3 is 2.45 bits per heavy atom. The van der Waals surface area contributed by atoms with Gasteiger partial charge in [-0.15, -0.1) is 0 Å². The summed E-state index contributed by atoms with van der Waals surface area (Å²) in [6.07, 6.45) is 3.60. The highest BCUT2D eigenvalue weighted by Gasteiger charge is 2.04. The van der Waals surface area contributed by atoms with Gasteiger partial charge in [0.1, 0.15) is 0 Å². The van der Waals surface area contributed by atoms with E-state index in [0.717, 1.165) is 0 Å². The van der Waals surface area contributed by atoms with Crippen molar-refractivity contribution in [3.8, 4) is 0 Å². The largest absolute Gasteiger partial charge is 0.300 e. The molecule has 11 heavy (non-hydrogen) atoms. The zero-order valence-corrected chi connectivity index (χ0v) is 8.35. The molecule has 66 valence electrons. The van der Waals surface area contributed by atoms with Gasteiger partial charge in [-0.25, -0.2) is 0 Å². The lowest BCUT2D eigenvalue weighted by molar-refractivity contribution is 0.310. The van der Waals surface area contributed by atoms with Crippen LogP contribution >= 0.6 is 0 Å². The molecule has 1 rings (SSSR count). The van der Waals surface area contributed by atoms with Gasteiger partial charge in [0.05, 0.1) is 0 Å². The van der Waals surface area contributed by atoms with Crippen molar-refractivity contribution in [2.45, 2.75) is 34.1 Å². The van der Waals surface area contributed by atoms with Crippen LogP contribution in [0.3, 0.4) is 0 Å². The standard InChI is InChI=1S/C8H15N.C2H6/c1-3-9-6-4-8(2)5-7-9;1-2/h4H,3,5-7H2,1-2H3;1-2H3. The highest BCUT2D eigenvalue weighted by Crippen LogP contribution is 2.07. The molecular formula is C10H21N. The monoisotopic (exact) mass is 155 g/mol. The fourth-order valence-corrected chi connectivity index (χ4v) is 1.10. The maximum Gasteiger partial charge on any atom is 0.0165 e. The molecule has 0 saturated carbocycles. The SMILES string of the molecule is CC.CCN1CC=C(C)CC1. The molecule has 0 bridgehead atoms. The van der Waals surface area contributed by atoms with E-state index >= 15 is 0 Å². The molecule has 1 aliphatic rings. The first-order chi connectivity index (χ1) is 5.33. The minimum absolute atomic E-state index is 1.17. The quantitative estimate of drug-likeness (QED) is 0.526. The van der Waals surface area contributed by atoms with E-state index in [-0.39, 0.29) is 0 Å². The maximum atomic E-state index is 2.45. The predicted octanol–water partition coefficient (Wildman–Crippen LogP) is 2.68. The average Bonchev–Trinajstić information content (AvgIpc) is 2.10. The van der Waals surface area contributed by atoms with E-state index in [1.807, 2.05) is 13.8 Å². The molecule has 0 aromatic heterocycles. The van der Waals surface area contributed by atoms with Crippen LogP contribution in [0.4, 0.5) is 0 Å². The normalized spacial score (nSPS) is 18.4.